The molecule has 1 fully saturated rings. The lowest BCUT2D eigenvalue weighted by molar-refractivity contribution is -0.387. The van der Waals surface area contributed by atoms with Crippen molar-refractivity contribution in [3.8, 4) is 6.07 Å². The van der Waals surface area contributed by atoms with E-state index in [1.807, 2.05) is 11.0 Å². The second kappa shape index (κ2) is 6.28. The van der Waals surface area contributed by atoms with Gasteiger partial charge in [0, 0.05) is 37.8 Å². The highest BCUT2D eigenvalue weighted by Gasteiger charge is 2.24. The molecule has 0 radical (unpaired) electrons. The molecule has 0 saturated carbocycles. The molecule has 21 heavy (non-hydrogen) atoms. The quantitative estimate of drug-likeness (QED) is 0.471. The van der Waals surface area contributed by atoms with Gasteiger partial charge in [0.1, 0.15) is 0 Å². The van der Waals surface area contributed by atoms with Gasteiger partial charge in [-0.1, -0.05) is 0 Å². The largest absolute Gasteiger partial charge is 0.336 e. The first-order valence-corrected chi connectivity index (χ1v) is 6.35. The van der Waals surface area contributed by atoms with Gasteiger partial charge in [0.15, 0.2) is 0 Å². The van der Waals surface area contributed by atoms with E-state index in [0.717, 1.165) is 12.1 Å². The van der Waals surface area contributed by atoms with Crippen LogP contribution < -0.4 is 0 Å². The molecule has 1 aliphatic heterocycles. The number of hydrogen-bond acceptors (Lipinski definition) is 5. The topological polar surface area (TPSA) is 90.5 Å². The lowest BCUT2D eigenvalue weighted by Gasteiger charge is -2.33. The van der Waals surface area contributed by atoms with Crippen LogP contribution in [0.5, 0.6) is 0 Å². The number of rotatable bonds is 3. The Morgan fingerprint density at radius 1 is 1.38 bits per heavy atom. The van der Waals surface area contributed by atoms with Crippen LogP contribution in [0, 0.1) is 27.3 Å². The van der Waals surface area contributed by atoms with E-state index in [-0.39, 0.29) is 11.5 Å². The van der Waals surface area contributed by atoms with Gasteiger partial charge in [0.25, 0.3) is 5.91 Å². The molecule has 7 nitrogen and oxygen atoms in total. The smallest absolute Gasteiger partial charge is 0.305 e. The predicted octanol–water partition coefficient (Wildman–Crippen LogP) is 1.02. The number of hydrogen-bond donors (Lipinski definition) is 0. The molecule has 0 spiro atoms. The lowest BCUT2D eigenvalue weighted by atomic mass is 10.1. The highest BCUT2D eigenvalue weighted by Crippen LogP contribution is 2.20. The van der Waals surface area contributed by atoms with Crippen LogP contribution in [0.4, 0.5) is 10.1 Å². The van der Waals surface area contributed by atoms with Gasteiger partial charge in [-0.2, -0.15) is 9.65 Å². The van der Waals surface area contributed by atoms with Crippen molar-refractivity contribution in [2.24, 2.45) is 0 Å². The summed E-state index contributed by atoms with van der Waals surface area (Å²) in [5.74, 6) is -1.33. The van der Waals surface area contributed by atoms with Crippen LogP contribution in [-0.4, -0.2) is 53.4 Å². The molecule has 1 aromatic carbocycles. The van der Waals surface area contributed by atoms with Crippen molar-refractivity contribution in [2.45, 2.75) is 0 Å². The number of piperazine rings is 1. The molecule has 2 rings (SSSR count). The Morgan fingerprint density at radius 3 is 2.62 bits per heavy atom. The highest BCUT2D eigenvalue weighted by molar-refractivity contribution is 5.95. The van der Waals surface area contributed by atoms with Crippen molar-refractivity contribution in [3.05, 3.63) is 39.7 Å². The molecular weight excluding hydrogens is 279 g/mol. The number of nitriles is 1. The van der Waals surface area contributed by atoms with Gasteiger partial charge < -0.3 is 4.90 Å². The van der Waals surface area contributed by atoms with E-state index in [9.17, 15) is 19.3 Å². The maximum atomic E-state index is 13.3. The summed E-state index contributed by atoms with van der Waals surface area (Å²) in [6, 6.07) is 5.17. The van der Waals surface area contributed by atoms with Crippen molar-refractivity contribution in [2.75, 3.05) is 32.7 Å². The molecule has 8 heteroatoms. The Kier molecular flexibility index (Phi) is 4.45. The summed E-state index contributed by atoms with van der Waals surface area (Å²) in [4.78, 5) is 25.5. The van der Waals surface area contributed by atoms with Gasteiger partial charge in [-0.05, 0) is 12.1 Å². The number of nitrogens with zero attached hydrogens (tertiary/aromatic N) is 4. The number of nitro groups is 1. The summed E-state index contributed by atoms with van der Waals surface area (Å²) in [6.45, 7) is 2.33. The average molecular weight is 292 g/mol. The molecule has 0 N–H and O–H groups in total. The summed E-state index contributed by atoms with van der Waals surface area (Å²) < 4.78 is 13.3. The molecule has 0 aromatic heterocycles. The predicted molar refractivity (Wildman–Crippen MR) is 71.0 cm³/mol. The minimum Gasteiger partial charge on any atom is -0.336 e. The Morgan fingerprint density at radius 2 is 2.05 bits per heavy atom. The molecule has 0 bridgehead atoms. The van der Waals surface area contributed by atoms with Gasteiger partial charge in [-0.3, -0.25) is 19.8 Å². The molecule has 1 aliphatic rings. The van der Waals surface area contributed by atoms with Crippen LogP contribution >= 0.6 is 0 Å². The van der Waals surface area contributed by atoms with Crippen LogP contribution in [0.1, 0.15) is 10.4 Å². The third-order valence-corrected chi connectivity index (χ3v) is 3.34. The Bertz CT molecular complexity index is 606. The van der Waals surface area contributed by atoms with E-state index in [0.29, 0.717) is 32.7 Å². The van der Waals surface area contributed by atoms with Gasteiger partial charge in [0.05, 0.1) is 17.5 Å². The van der Waals surface area contributed by atoms with Crippen LogP contribution in [-0.2, 0) is 0 Å². The first kappa shape index (κ1) is 14.9. The standard InChI is InChI=1S/C13H13FN4O3/c14-11-2-1-10(9-12(11)18(20)21)13(19)17-7-5-16(4-3-15)6-8-17/h1-2,9H,4-8H2. The van der Waals surface area contributed by atoms with Crippen LogP contribution in [0.2, 0.25) is 0 Å². The van der Waals surface area contributed by atoms with Crippen molar-refractivity contribution >= 4 is 11.6 Å². The maximum Gasteiger partial charge on any atom is 0.305 e. The van der Waals surface area contributed by atoms with E-state index in [1.165, 1.54) is 6.07 Å². The van der Waals surface area contributed by atoms with Gasteiger partial charge in [-0.15, -0.1) is 0 Å². The number of halogens is 1. The van der Waals surface area contributed by atoms with E-state index in [4.69, 9.17) is 5.26 Å². The van der Waals surface area contributed by atoms with E-state index in [1.54, 1.807) is 4.90 Å². The number of carbonyl (C=O) groups excluding carboxylic acids is 1. The molecule has 0 atom stereocenters. The van der Waals surface area contributed by atoms with Crippen LogP contribution in [0.3, 0.4) is 0 Å². The molecule has 0 aliphatic carbocycles. The zero-order chi connectivity index (χ0) is 15.4. The van der Waals surface area contributed by atoms with Crippen molar-refractivity contribution in [1.29, 1.82) is 5.26 Å². The Balaban J connectivity index is 2.09. The third kappa shape index (κ3) is 3.32. The normalized spacial score (nSPS) is 15.5. The third-order valence-electron chi connectivity index (χ3n) is 3.34. The zero-order valence-electron chi connectivity index (χ0n) is 11.2. The van der Waals surface area contributed by atoms with Crippen molar-refractivity contribution in [1.82, 2.24) is 9.80 Å². The number of carbonyl (C=O) groups is 1. The summed E-state index contributed by atoms with van der Waals surface area (Å²) in [7, 11) is 0. The number of amides is 1. The summed E-state index contributed by atoms with van der Waals surface area (Å²) in [5.41, 5.74) is -0.610. The molecule has 1 saturated heterocycles. The van der Waals surface area contributed by atoms with Gasteiger partial charge in [0.2, 0.25) is 5.82 Å². The molecule has 1 amide bonds. The van der Waals surface area contributed by atoms with Crippen molar-refractivity contribution < 1.29 is 14.1 Å². The summed E-state index contributed by atoms with van der Waals surface area (Å²) >= 11 is 0. The molecule has 110 valence electrons. The molecule has 1 heterocycles. The monoisotopic (exact) mass is 292 g/mol. The van der Waals surface area contributed by atoms with Gasteiger partial charge in [-0.25, -0.2) is 0 Å². The van der Waals surface area contributed by atoms with E-state index >= 15 is 0 Å². The van der Waals surface area contributed by atoms with Crippen LogP contribution in [0.15, 0.2) is 18.2 Å². The fraction of sp³-hybridized carbons (Fsp3) is 0.385. The Labute approximate surface area is 120 Å². The second-order valence-corrected chi connectivity index (χ2v) is 4.65. The average Bonchev–Trinajstić information content (AvgIpc) is 2.48. The minimum atomic E-state index is -0.963. The maximum absolute atomic E-state index is 13.3. The zero-order valence-corrected chi connectivity index (χ0v) is 11.2. The first-order valence-electron chi connectivity index (χ1n) is 6.35. The number of nitro benzene ring substituents is 1. The fourth-order valence-electron chi connectivity index (χ4n) is 2.18. The lowest BCUT2D eigenvalue weighted by Crippen LogP contribution is -2.48. The summed E-state index contributed by atoms with van der Waals surface area (Å²) in [6.07, 6.45) is 0. The minimum absolute atomic E-state index is 0.0943. The second-order valence-electron chi connectivity index (χ2n) is 4.65. The SMILES string of the molecule is N#CCN1CCN(C(=O)c2ccc(F)c([N+](=O)[O-])c2)CC1. The van der Waals surface area contributed by atoms with Gasteiger partial charge >= 0.3 is 5.69 Å². The number of benzene rings is 1. The first-order chi connectivity index (χ1) is 10.0. The Hall–Kier alpha value is -2.53. The van der Waals surface area contributed by atoms with Crippen molar-refractivity contribution in [3.63, 3.8) is 0 Å². The molecule has 0 unspecified atom stereocenters. The van der Waals surface area contributed by atoms with E-state index in [2.05, 4.69) is 0 Å². The highest BCUT2D eigenvalue weighted by atomic mass is 19.1. The summed E-state index contributed by atoms with van der Waals surface area (Å²) in [5, 5.41) is 19.3. The molecule has 1 aromatic rings. The molecular formula is C13H13FN4O3. The fourth-order valence-corrected chi connectivity index (χ4v) is 2.18. The van der Waals surface area contributed by atoms with E-state index < -0.39 is 16.4 Å². The van der Waals surface area contributed by atoms with Crippen LogP contribution in [0.25, 0.3) is 0 Å².